The first kappa shape index (κ1) is 8.71. The topological polar surface area (TPSA) is 83.8 Å². The molecule has 0 saturated carbocycles. The van der Waals surface area contributed by atoms with Crippen molar-refractivity contribution < 1.29 is 4.79 Å². The Bertz CT molecular complexity index is 430. The molecule has 0 aliphatic rings. The van der Waals surface area contributed by atoms with Crippen LogP contribution in [0.15, 0.2) is 24.3 Å². The van der Waals surface area contributed by atoms with E-state index in [0.717, 1.165) is 11.0 Å². The van der Waals surface area contributed by atoms with Gasteiger partial charge in [0.25, 0.3) is 0 Å². The summed E-state index contributed by atoms with van der Waals surface area (Å²) in [4.78, 5) is 18.2. The second-order valence-corrected chi connectivity index (χ2v) is 2.94. The second-order valence-electron chi connectivity index (χ2n) is 2.94. The highest BCUT2D eigenvalue weighted by Crippen LogP contribution is 2.10. The van der Waals surface area contributed by atoms with Gasteiger partial charge in [-0.3, -0.25) is 10.2 Å². The summed E-state index contributed by atoms with van der Waals surface area (Å²) in [6, 6.07) is 7.60. The number of carbonyl (C=O) groups is 1. The number of H-pyrrole nitrogens is 1. The maximum atomic E-state index is 11.0. The number of imidazole rings is 1. The second kappa shape index (κ2) is 3.47. The molecule has 0 saturated heterocycles. The summed E-state index contributed by atoms with van der Waals surface area (Å²) in [5.41, 5.74) is 3.84. The number of benzene rings is 1. The Morgan fingerprint density at radius 1 is 1.50 bits per heavy atom. The van der Waals surface area contributed by atoms with Crippen LogP contribution in [-0.4, -0.2) is 15.9 Å². The molecule has 0 fully saturated rings. The van der Waals surface area contributed by atoms with Crippen molar-refractivity contribution in [2.45, 2.75) is 6.42 Å². The maximum absolute atomic E-state index is 11.0. The van der Waals surface area contributed by atoms with Gasteiger partial charge in [0.1, 0.15) is 5.82 Å². The fourth-order valence-corrected chi connectivity index (χ4v) is 1.29. The van der Waals surface area contributed by atoms with Crippen LogP contribution >= 0.6 is 0 Å². The van der Waals surface area contributed by atoms with Crippen LogP contribution in [0.1, 0.15) is 5.82 Å². The van der Waals surface area contributed by atoms with Gasteiger partial charge in [-0.2, -0.15) is 0 Å². The molecule has 14 heavy (non-hydrogen) atoms. The number of nitrogens with two attached hydrogens (primary N) is 1. The minimum absolute atomic E-state index is 0.172. The Morgan fingerprint density at radius 3 is 3.00 bits per heavy atom. The summed E-state index contributed by atoms with van der Waals surface area (Å²) >= 11 is 0. The number of fused-ring (bicyclic) bond motifs is 1. The van der Waals surface area contributed by atoms with Crippen molar-refractivity contribution in [1.29, 1.82) is 0 Å². The van der Waals surface area contributed by atoms with Crippen LogP contribution in [0.25, 0.3) is 11.0 Å². The van der Waals surface area contributed by atoms with Crippen LogP contribution in [0.3, 0.4) is 0 Å². The molecule has 0 aliphatic carbocycles. The van der Waals surface area contributed by atoms with Crippen LogP contribution in [0.5, 0.6) is 0 Å². The first-order chi connectivity index (χ1) is 6.79. The van der Waals surface area contributed by atoms with E-state index in [2.05, 4.69) is 15.4 Å². The van der Waals surface area contributed by atoms with Crippen LogP contribution < -0.4 is 11.3 Å². The summed E-state index contributed by atoms with van der Waals surface area (Å²) in [6.07, 6.45) is 0.172. The van der Waals surface area contributed by atoms with Crippen molar-refractivity contribution >= 4 is 16.9 Å². The largest absolute Gasteiger partial charge is 0.342 e. The summed E-state index contributed by atoms with van der Waals surface area (Å²) < 4.78 is 0. The Morgan fingerprint density at radius 2 is 2.29 bits per heavy atom. The number of nitrogens with one attached hydrogen (secondary N) is 2. The molecule has 5 heteroatoms. The molecule has 1 heterocycles. The number of nitrogens with zero attached hydrogens (tertiary/aromatic N) is 1. The van der Waals surface area contributed by atoms with Crippen molar-refractivity contribution in [2.75, 3.05) is 0 Å². The van der Waals surface area contributed by atoms with Crippen molar-refractivity contribution in [3.05, 3.63) is 30.1 Å². The Kier molecular flexibility index (Phi) is 2.16. The van der Waals surface area contributed by atoms with Gasteiger partial charge in [0.05, 0.1) is 17.5 Å². The third kappa shape index (κ3) is 1.57. The molecule has 2 aromatic rings. The molecule has 5 nitrogen and oxygen atoms in total. The number of amides is 1. The smallest absolute Gasteiger partial charge is 0.241 e. The third-order valence-electron chi connectivity index (χ3n) is 1.93. The first-order valence-electron chi connectivity index (χ1n) is 4.22. The predicted molar refractivity (Wildman–Crippen MR) is 52.1 cm³/mol. The van der Waals surface area contributed by atoms with E-state index in [1.807, 2.05) is 24.3 Å². The van der Waals surface area contributed by atoms with Crippen molar-refractivity contribution in [3.8, 4) is 0 Å². The Labute approximate surface area is 80.3 Å². The molecular weight excluding hydrogens is 180 g/mol. The fourth-order valence-electron chi connectivity index (χ4n) is 1.29. The predicted octanol–water partition coefficient (Wildman–Crippen LogP) is 0.0953. The van der Waals surface area contributed by atoms with Gasteiger partial charge in [-0.15, -0.1) is 0 Å². The van der Waals surface area contributed by atoms with Gasteiger partial charge in [0.2, 0.25) is 5.91 Å². The van der Waals surface area contributed by atoms with Crippen LogP contribution in [0.4, 0.5) is 0 Å². The molecule has 0 spiro atoms. The number of aromatic nitrogens is 2. The lowest BCUT2D eigenvalue weighted by molar-refractivity contribution is -0.120. The SMILES string of the molecule is NNC(=O)Cc1nc2ccccc2[nH]1. The van der Waals surface area contributed by atoms with E-state index in [1.165, 1.54) is 0 Å². The summed E-state index contributed by atoms with van der Waals surface area (Å²) in [6.45, 7) is 0. The molecular formula is C9H10N4O. The summed E-state index contributed by atoms with van der Waals surface area (Å²) in [5, 5.41) is 0. The van der Waals surface area contributed by atoms with Gasteiger partial charge >= 0.3 is 0 Å². The van der Waals surface area contributed by atoms with E-state index in [4.69, 9.17) is 5.84 Å². The number of hydrazine groups is 1. The van der Waals surface area contributed by atoms with E-state index in [-0.39, 0.29) is 12.3 Å². The highest BCUT2D eigenvalue weighted by Gasteiger charge is 2.05. The standard InChI is InChI=1S/C9H10N4O/c10-13-9(14)5-8-11-6-3-1-2-4-7(6)12-8/h1-4H,5,10H2,(H,11,12)(H,13,14). The van der Waals surface area contributed by atoms with Gasteiger partial charge in [-0.1, -0.05) is 12.1 Å². The van der Waals surface area contributed by atoms with Crippen molar-refractivity contribution in [1.82, 2.24) is 15.4 Å². The number of para-hydroxylation sites is 2. The average Bonchev–Trinajstić information content (AvgIpc) is 2.59. The molecule has 72 valence electrons. The average molecular weight is 190 g/mol. The lowest BCUT2D eigenvalue weighted by Gasteiger charge is -1.93. The highest BCUT2D eigenvalue weighted by molar-refractivity contribution is 5.80. The monoisotopic (exact) mass is 190 g/mol. The molecule has 0 radical (unpaired) electrons. The number of hydrogen-bond donors (Lipinski definition) is 3. The zero-order chi connectivity index (χ0) is 9.97. The molecule has 2 rings (SSSR count). The molecule has 1 aromatic heterocycles. The van der Waals surface area contributed by atoms with E-state index < -0.39 is 0 Å². The fraction of sp³-hybridized carbons (Fsp3) is 0.111. The van der Waals surface area contributed by atoms with Crippen LogP contribution in [0, 0.1) is 0 Å². The van der Waals surface area contributed by atoms with E-state index in [9.17, 15) is 4.79 Å². The third-order valence-corrected chi connectivity index (χ3v) is 1.93. The molecule has 1 amide bonds. The molecule has 0 atom stereocenters. The highest BCUT2D eigenvalue weighted by atomic mass is 16.2. The lowest BCUT2D eigenvalue weighted by Crippen LogP contribution is -2.31. The van der Waals surface area contributed by atoms with Gasteiger partial charge < -0.3 is 4.98 Å². The number of rotatable bonds is 2. The van der Waals surface area contributed by atoms with Crippen molar-refractivity contribution in [3.63, 3.8) is 0 Å². The maximum Gasteiger partial charge on any atom is 0.241 e. The molecule has 1 aromatic carbocycles. The van der Waals surface area contributed by atoms with E-state index >= 15 is 0 Å². The number of carbonyl (C=O) groups excluding carboxylic acids is 1. The van der Waals surface area contributed by atoms with Gasteiger partial charge in [-0.25, -0.2) is 10.8 Å². The van der Waals surface area contributed by atoms with E-state index in [1.54, 1.807) is 0 Å². The van der Waals surface area contributed by atoms with Crippen molar-refractivity contribution in [2.24, 2.45) is 5.84 Å². The van der Waals surface area contributed by atoms with Gasteiger partial charge in [0.15, 0.2) is 0 Å². The molecule has 0 aliphatic heterocycles. The zero-order valence-electron chi connectivity index (χ0n) is 7.45. The Balaban J connectivity index is 2.31. The molecule has 0 bridgehead atoms. The van der Waals surface area contributed by atoms with Gasteiger partial charge in [-0.05, 0) is 12.1 Å². The van der Waals surface area contributed by atoms with Crippen LogP contribution in [0.2, 0.25) is 0 Å². The molecule has 0 unspecified atom stereocenters. The minimum Gasteiger partial charge on any atom is -0.342 e. The Hall–Kier alpha value is -1.88. The number of aromatic amines is 1. The van der Waals surface area contributed by atoms with Crippen LogP contribution in [-0.2, 0) is 11.2 Å². The normalized spacial score (nSPS) is 10.4. The summed E-state index contributed by atoms with van der Waals surface area (Å²) in [5.74, 6) is 5.33. The zero-order valence-corrected chi connectivity index (χ0v) is 7.45. The molecule has 4 N–H and O–H groups in total. The number of hydrogen-bond acceptors (Lipinski definition) is 3. The van der Waals surface area contributed by atoms with Gasteiger partial charge in [0, 0.05) is 0 Å². The quantitative estimate of drug-likeness (QED) is 0.356. The minimum atomic E-state index is -0.260. The lowest BCUT2D eigenvalue weighted by atomic mass is 10.3. The first-order valence-corrected chi connectivity index (χ1v) is 4.22. The van der Waals surface area contributed by atoms with E-state index in [0.29, 0.717) is 5.82 Å². The summed E-state index contributed by atoms with van der Waals surface area (Å²) in [7, 11) is 0.